The van der Waals surface area contributed by atoms with Crippen LogP contribution in [0.15, 0.2) is 182 Å². The van der Waals surface area contributed by atoms with Crippen molar-refractivity contribution in [1.29, 1.82) is 0 Å². The molecule has 80 heavy (non-hydrogen) atoms. The Balaban J connectivity index is 4.96. The second kappa shape index (κ2) is 59.7. The maximum Gasteiger partial charge on any atom is 0.472 e. The normalized spacial score (nSPS) is 14.6. The fraction of sp³-hybridized carbons (Fsp3) is 0.515. The number of phosphoric ester groups is 1. The van der Waals surface area contributed by atoms with Crippen molar-refractivity contribution >= 4 is 25.7 Å². The van der Waals surface area contributed by atoms with Gasteiger partial charge in [0.25, 0.3) is 0 Å². The highest BCUT2D eigenvalue weighted by Crippen LogP contribution is 2.43. The van der Waals surface area contributed by atoms with Crippen LogP contribution in [0.5, 0.6) is 0 Å². The standard InChI is InChI=1S/C68H103O11P/c1-4-7-10-13-16-19-22-25-28-31-32-35-38-41-44-47-50-53-56-59-68(72)79-65(61-75-66(70)57-54-51-48-45-42-39-36-33-29-26-23-20-17-14-11-8-5-2)63-77-80(73,74)76-62-64(60-69)78-67(71)58-55-52-49-46-43-40-37-34-30-27-24-21-18-15-12-9-6-3/h7-12,16-21,25-30,32,35-37,39-41,44-45,48,50,53,64-65,69H,4-6,13-15,22-24,31,33-34,38,42-43,46-47,49,51-52,54-63H2,1-3H3,(H,73,74)/b10-7-,11-8-,12-9-,19-16-,20-17-,21-18-,28-25-,29-26-,30-27-,35-32-,39-36-,40-37-,44-41-,48-45-,53-50-. The number of hydrogen-bond donors (Lipinski definition) is 2. The first-order valence-corrected chi connectivity index (χ1v) is 31.2. The van der Waals surface area contributed by atoms with Gasteiger partial charge in [0.2, 0.25) is 0 Å². The fourth-order valence-corrected chi connectivity index (χ4v) is 7.72. The topological polar surface area (TPSA) is 155 Å². The van der Waals surface area contributed by atoms with Gasteiger partial charge >= 0.3 is 25.7 Å². The van der Waals surface area contributed by atoms with E-state index in [1.807, 2.05) is 24.3 Å². The van der Waals surface area contributed by atoms with E-state index in [9.17, 15) is 28.9 Å². The van der Waals surface area contributed by atoms with Crippen molar-refractivity contribution in [1.82, 2.24) is 0 Å². The average molecular weight is 1130 g/mol. The van der Waals surface area contributed by atoms with Crippen LogP contribution >= 0.6 is 7.82 Å². The van der Waals surface area contributed by atoms with Gasteiger partial charge in [-0.15, -0.1) is 0 Å². The second-order valence-electron chi connectivity index (χ2n) is 18.7. The van der Waals surface area contributed by atoms with Crippen molar-refractivity contribution in [2.45, 2.75) is 200 Å². The summed E-state index contributed by atoms with van der Waals surface area (Å²) in [6.07, 6.45) is 81.6. The zero-order valence-electron chi connectivity index (χ0n) is 49.2. The molecule has 0 aliphatic rings. The molecule has 0 rings (SSSR count). The number of allylic oxidation sites excluding steroid dienone is 30. The highest BCUT2D eigenvalue weighted by atomic mass is 31.2. The van der Waals surface area contributed by atoms with Gasteiger partial charge in [-0.1, -0.05) is 216 Å². The summed E-state index contributed by atoms with van der Waals surface area (Å²) in [6, 6.07) is 0. The van der Waals surface area contributed by atoms with Crippen molar-refractivity contribution in [3.05, 3.63) is 182 Å². The molecule has 0 bridgehead atoms. The van der Waals surface area contributed by atoms with E-state index in [2.05, 4.69) is 179 Å². The van der Waals surface area contributed by atoms with Crippen LogP contribution in [-0.4, -0.2) is 66.5 Å². The quantitative estimate of drug-likeness (QED) is 0.0197. The maximum atomic E-state index is 12.9. The lowest BCUT2D eigenvalue weighted by atomic mass is 10.1. The van der Waals surface area contributed by atoms with Crippen LogP contribution in [0.2, 0.25) is 0 Å². The summed E-state index contributed by atoms with van der Waals surface area (Å²) >= 11 is 0. The first-order chi connectivity index (χ1) is 39.2. The summed E-state index contributed by atoms with van der Waals surface area (Å²) in [5.74, 6) is -1.69. The summed E-state index contributed by atoms with van der Waals surface area (Å²) in [6.45, 7) is 4.09. The molecule has 0 radical (unpaired) electrons. The zero-order valence-corrected chi connectivity index (χ0v) is 50.1. The SMILES string of the molecule is CC/C=C\C/C=C\C/C=C\C/C=C\C/C=C\C/C=C\CCC(=O)OC(COC(=O)CCC/C=C\C/C=C\C/C=C\C/C=C\C/C=C\CC)COP(=O)(O)OCC(CO)OC(=O)CCCCCC/C=C\C/C=C\C/C=C\C/C=C\CC. The summed E-state index contributed by atoms with van der Waals surface area (Å²) in [5.41, 5.74) is 0. The molecule has 446 valence electrons. The van der Waals surface area contributed by atoms with E-state index in [-0.39, 0.29) is 19.3 Å². The third-order valence-corrected chi connectivity index (χ3v) is 12.3. The number of ether oxygens (including phenoxy) is 3. The summed E-state index contributed by atoms with van der Waals surface area (Å²) < 4.78 is 39.4. The van der Waals surface area contributed by atoms with Crippen LogP contribution in [0, 0.1) is 0 Å². The molecular weight excluding hydrogens is 1020 g/mol. The molecule has 0 aromatic heterocycles. The van der Waals surface area contributed by atoms with Crippen molar-refractivity contribution in [2.75, 3.05) is 26.4 Å². The Morgan fingerprint density at radius 3 is 1.04 bits per heavy atom. The lowest BCUT2D eigenvalue weighted by Gasteiger charge is -2.21. The molecule has 3 atom stereocenters. The number of phosphoric acid groups is 1. The Bertz CT molecular complexity index is 2040. The van der Waals surface area contributed by atoms with Gasteiger partial charge < -0.3 is 24.2 Å². The van der Waals surface area contributed by atoms with Gasteiger partial charge in [0.15, 0.2) is 6.10 Å². The van der Waals surface area contributed by atoms with Crippen molar-refractivity contribution in [3.63, 3.8) is 0 Å². The van der Waals surface area contributed by atoms with E-state index >= 15 is 0 Å². The van der Waals surface area contributed by atoms with Gasteiger partial charge in [0.05, 0.1) is 19.8 Å². The van der Waals surface area contributed by atoms with Crippen LogP contribution in [0.1, 0.15) is 188 Å². The fourth-order valence-electron chi connectivity index (χ4n) is 6.94. The van der Waals surface area contributed by atoms with E-state index in [1.54, 1.807) is 0 Å². The van der Waals surface area contributed by atoms with Gasteiger partial charge in [0.1, 0.15) is 12.7 Å². The van der Waals surface area contributed by atoms with Gasteiger partial charge in [-0.3, -0.25) is 23.4 Å². The van der Waals surface area contributed by atoms with E-state index in [0.717, 1.165) is 116 Å². The number of carbonyl (C=O) groups excluding carboxylic acids is 3. The van der Waals surface area contributed by atoms with E-state index in [0.29, 0.717) is 32.1 Å². The molecule has 0 aromatic rings. The molecule has 0 aliphatic carbocycles. The lowest BCUT2D eigenvalue weighted by molar-refractivity contribution is -0.161. The van der Waals surface area contributed by atoms with E-state index in [1.165, 1.54) is 0 Å². The number of aliphatic hydroxyl groups excluding tert-OH is 1. The first kappa shape index (κ1) is 74.6. The molecule has 0 saturated heterocycles. The van der Waals surface area contributed by atoms with E-state index in [4.69, 9.17) is 23.3 Å². The molecular formula is C68H103O11P. The monoisotopic (exact) mass is 1130 g/mol. The second-order valence-corrected chi connectivity index (χ2v) is 20.1. The third-order valence-electron chi connectivity index (χ3n) is 11.3. The highest BCUT2D eigenvalue weighted by molar-refractivity contribution is 7.47. The largest absolute Gasteiger partial charge is 0.472 e. The minimum Gasteiger partial charge on any atom is -0.462 e. The number of esters is 3. The van der Waals surface area contributed by atoms with Crippen LogP contribution in [0.3, 0.4) is 0 Å². The van der Waals surface area contributed by atoms with Gasteiger partial charge in [0, 0.05) is 19.3 Å². The molecule has 0 saturated carbocycles. The number of unbranched alkanes of at least 4 members (excludes halogenated alkanes) is 5. The molecule has 3 unspecified atom stereocenters. The number of hydrogen-bond acceptors (Lipinski definition) is 10. The molecule has 0 spiro atoms. The summed E-state index contributed by atoms with van der Waals surface area (Å²) in [7, 11) is -4.81. The summed E-state index contributed by atoms with van der Waals surface area (Å²) in [4.78, 5) is 48.6. The minimum atomic E-state index is -4.81. The Hall–Kier alpha value is -5.42. The van der Waals surface area contributed by atoms with Crippen LogP contribution < -0.4 is 0 Å². The summed E-state index contributed by atoms with van der Waals surface area (Å²) in [5, 5.41) is 9.83. The molecule has 11 nitrogen and oxygen atoms in total. The Kier molecular flexibility index (Phi) is 55.7. The predicted molar refractivity (Wildman–Crippen MR) is 334 cm³/mol. The average Bonchev–Trinajstić information content (AvgIpc) is 3.45. The van der Waals surface area contributed by atoms with E-state index < -0.39 is 64.4 Å². The zero-order chi connectivity index (χ0) is 58.3. The van der Waals surface area contributed by atoms with Crippen molar-refractivity contribution < 1.29 is 52.2 Å². The minimum absolute atomic E-state index is 0.0166. The number of rotatable bonds is 52. The van der Waals surface area contributed by atoms with Crippen molar-refractivity contribution in [3.8, 4) is 0 Å². The Morgan fingerprint density at radius 2 is 0.650 bits per heavy atom. The third kappa shape index (κ3) is 57.3. The predicted octanol–water partition coefficient (Wildman–Crippen LogP) is 18.0. The van der Waals surface area contributed by atoms with Gasteiger partial charge in [-0.05, 0) is 135 Å². The van der Waals surface area contributed by atoms with Gasteiger partial charge in [-0.25, -0.2) is 4.57 Å². The van der Waals surface area contributed by atoms with Crippen LogP contribution in [0.4, 0.5) is 0 Å². The van der Waals surface area contributed by atoms with Gasteiger partial charge in [-0.2, -0.15) is 0 Å². The first-order valence-electron chi connectivity index (χ1n) is 29.7. The molecule has 0 aliphatic heterocycles. The molecule has 0 aromatic carbocycles. The van der Waals surface area contributed by atoms with Crippen LogP contribution in [0.25, 0.3) is 0 Å². The molecule has 2 N–H and O–H groups in total. The Morgan fingerprint density at radius 1 is 0.350 bits per heavy atom. The lowest BCUT2D eigenvalue weighted by Crippen LogP contribution is -2.30. The molecule has 0 amide bonds. The van der Waals surface area contributed by atoms with Crippen LogP contribution in [-0.2, 0) is 42.2 Å². The molecule has 12 heteroatoms. The number of carbonyl (C=O) groups is 3. The highest BCUT2D eigenvalue weighted by Gasteiger charge is 2.28. The smallest absolute Gasteiger partial charge is 0.462 e. The Labute approximate surface area is 484 Å². The van der Waals surface area contributed by atoms with Crippen molar-refractivity contribution in [2.24, 2.45) is 0 Å². The number of aliphatic hydroxyl groups is 1. The molecule has 0 heterocycles. The maximum absolute atomic E-state index is 12.9. The molecule has 0 fully saturated rings.